The van der Waals surface area contributed by atoms with E-state index in [0.29, 0.717) is 12.1 Å². The Morgan fingerprint density at radius 2 is 1.90 bits per heavy atom. The number of aryl methyl sites for hydroxylation is 2. The minimum atomic E-state index is -0.211. The summed E-state index contributed by atoms with van der Waals surface area (Å²) in [6.07, 6.45) is 1.86. The number of anilines is 1. The highest BCUT2D eigenvalue weighted by Gasteiger charge is 2.23. The first-order valence-electron chi connectivity index (χ1n) is 10.7. The lowest BCUT2D eigenvalue weighted by molar-refractivity contribution is -0.123. The van der Waals surface area contributed by atoms with Gasteiger partial charge in [-0.05, 0) is 69.1 Å². The number of hydrogen-bond donors (Lipinski definition) is 2. The largest absolute Gasteiger partial charge is 0.369 e. The average Bonchev–Trinajstić information content (AvgIpc) is 2.75. The number of fused-ring (bicyclic) bond motifs is 1. The van der Waals surface area contributed by atoms with Crippen molar-refractivity contribution in [1.29, 1.82) is 0 Å². The molecule has 2 heterocycles. The number of likely N-dealkylation sites (tertiary alicyclic amines) is 1. The number of aromatic nitrogens is 1. The summed E-state index contributed by atoms with van der Waals surface area (Å²) in [5.41, 5.74) is 10.7. The van der Waals surface area contributed by atoms with Crippen molar-refractivity contribution in [2.75, 3.05) is 18.4 Å². The Morgan fingerprint density at radius 1 is 1.13 bits per heavy atom. The van der Waals surface area contributed by atoms with Crippen LogP contribution in [0.5, 0.6) is 0 Å². The van der Waals surface area contributed by atoms with E-state index >= 15 is 0 Å². The van der Waals surface area contributed by atoms with Gasteiger partial charge in [0.1, 0.15) is 0 Å². The van der Waals surface area contributed by atoms with E-state index in [9.17, 15) is 9.59 Å². The first-order chi connectivity index (χ1) is 14.9. The first kappa shape index (κ1) is 21.0. The third kappa shape index (κ3) is 4.91. The molecular formula is C25H28N4O2. The lowest BCUT2D eigenvalue weighted by Gasteiger charge is -2.31. The van der Waals surface area contributed by atoms with Gasteiger partial charge in [0.15, 0.2) is 0 Å². The number of rotatable bonds is 5. The SMILES string of the molecule is Cc1ccc2nc(C)cc(C(=O)Nc3ccc(CN4CCCC(C(N)=O)C4)cc3)c2c1. The molecule has 3 N–H and O–H groups in total. The van der Waals surface area contributed by atoms with Crippen molar-refractivity contribution in [1.82, 2.24) is 9.88 Å². The summed E-state index contributed by atoms with van der Waals surface area (Å²) in [4.78, 5) is 31.3. The van der Waals surface area contributed by atoms with Crippen molar-refractivity contribution in [3.05, 3.63) is 70.9 Å². The van der Waals surface area contributed by atoms with E-state index in [1.54, 1.807) is 0 Å². The van der Waals surface area contributed by atoms with Crippen LogP contribution in [0.2, 0.25) is 0 Å². The maximum absolute atomic E-state index is 13.0. The van der Waals surface area contributed by atoms with Crippen LogP contribution >= 0.6 is 0 Å². The molecule has 4 rings (SSSR count). The van der Waals surface area contributed by atoms with Crippen LogP contribution in [0.3, 0.4) is 0 Å². The topological polar surface area (TPSA) is 88.3 Å². The summed E-state index contributed by atoms with van der Waals surface area (Å²) < 4.78 is 0. The number of amides is 2. The number of hydrogen-bond acceptors (Lipinski definition) is 4. The van der Waals surface area contributed by atoms with Gasteiger partial charge in [0, 0.05) is 29.9 Å². The van der Waals surface area contributed by atoms with Crippen molar-refractivity contribution >= 4 is 28.4 Å². The summed E-state index contributed by atoms with van der Waals surface area (Å²) in [6.45, 7) is 6.35. The van der Waals surface area contributed by atoms with Gasteiger partial charge in [-0.15, -0.1) is 0 Å². The fraction of sp³-hybridized carbons (Fsp3) is 0.320. The Balaban J connectivity index is 1.46. The Hall–Kier alpha value is -3.25. The van der Waals surface area contributed by atoms with Gasteiger partial charge in [0.2, 0.25) is 5.91 Å². The Kier molecular flexibility index (Phi) is 6.00. The van der Waals surface area contributed by atoms with Crippen molar-refractivity contribution in [3.8, 4) is 0 Å². The molecule has 0 spiro atoms. The fourth-order valence-electron chi connectivity index (χ4n) is 4.24. The molecule has 1 unspecified atom stereocenters. The summed E-state index contributed by atoms with van der Waals surface area (Å²) in [7, 11) is 0. The van der Waals surface area contributed by atoms with E-state index in [1.807, 2.05) is 62.4 Å². The molecule has 2 aromatic carbocycles. The van der Waals surface area contributed by atoms with Crippen molar-refractivity contribution < 1.29 is 9.59 Å². The van der Waals surface area contributed by atoms with Crippen LogP contribution in [-0.2, 0) is 11.3 Å². The van der Waals surface area contributed by atoms with Gasteiger partial charge in [0.05, 0.1) is 17.0 Å². The van der Waals surface area contributed by atoms with Gasteiger partial charge in [-0.2, -0.15) is 0 Å². The summed E-state index contributed by atoms with van der Waals surface area (Å²) in [5.74, 6) is -0.416. The van der Waals surface area contributed by atoms with E-state index < -0.39 is 0 Å². The summed E-state index contributed by atoms with van der Waals surface area (Å²) in [5, 5.41) is 3.86. The lowest BCUT2D eigenvalue weighted by Crippen LogP contribution is -2.40. The van der Waals surface area contributed by atoms with Crippen molar-refractivity contribution in [3.63, 3.8) is 0 Å². The molecule has 0 radical (unpaired) electrons. The number of nitrogens with two attached hydrogens (primary N) is 1. The van der Waals surface area contributed by atoms with Gasteiger partial charge in [0.25, 0.3) is 5.91 Å². The molecule has 6 nitrogen and oxygen atoms in total. The molecule has 1 aromatic heterocycles. The predicted molar refractivity (Wildman–Crippen MR) is 123 cm³/mol. The second-order valence-electron chi connectivity index (χ2n) is 8.46. The Morgan fingerprint density at radius 3 is 2.65 bits per heavy atom. The number of nitrogens with one attached hydrogen (secondary N) is 1. The zero-order chi connectivity index (χ0) is 22.0. The minimum absolute atomic E-state index is 0.0606. The van der Waals surface area contributed by atoms with Crippen LogP contribution in [-0.4, -0.2) is 34.8 Å². The van der Waals surface area contributed by atoms with Gasteiger partial charge in [-0.1, -0.05) is 23.8 Å². The standard InChI is InChI=1S/C25H28N4O2/c1-16-5-10-23-21(12-16)22(13-17(2)27-23)25(31)28-20-8-6-18(7-9-20)14-29-11-3-4-19(15-29)24(26)30/h5-10,12-13,19H,3-4,11,14-15H2,1-2H3,(H2,26,30)(H,28,31). The number of benzene rings is 2. The molecule has 160 valence electrons. The zero-order valence-electron chi connectivity index (χ0n) is 18.0. The summed E-state index contributed by atoms with van der Waals surface area (Å²) in [6, 6.07) is 15.7. The second kappa shape index (κ2) is 8.86. The van der Waals surface area contributed by atoms with E-state index in [2.05, 4.69) is 15.2 Å². The third-order valence-corrected chi connectivity index (χ3v) is 5.86. The number of piperidine rings is 1. The molecule has 0 aliphatic carbocycles. The molecule has 1 aliphatic rings. The number of pyridine rings is 1. The van der Waals surface area contributed by atoms with E-state index in [-0.39, 0.29) is 17.7 Å². The number of carbonyl (C=O) groups is 2. The van der Waals surface area contributed by atoms with Crippen LogP contribution < -0.4 is 11.1 Å². The first-order valence-corrected chi connectivity index (χ1v) is 10.7. The van der Waals surface area contributed by atoms with Crippen LogP contribution in [0.4, 0.5) is 5.69 Å². The highest BCUT2D eigenvalue weighted by atomic mass is 16.2. The van der Waals surface area contributed by atoms with Gasteiger partial charge in [-0.25, -0.2) is 0 Å². The van der Waals surface area contributed by atoms with Crippen LogP contribution in [0.25, 0.3) is 10.9 Å². The van der Waals surface area contributed by atoms with Crippen molar-refractivity contribution in [2.24, 2.45) is 11.7 Å². The predicted octanol–water partition coefficient (Wildman–Crippen LogP) is 3.80. The average molecular weight is 417 g/mol. The molecule has 3 aromatic rings. The quantitative estimate of drug-likeness (QED) is 0.662. The molecule has 1 saturated heterocycles. The summed E-state index contributed by atoms with van der Waals surface area (Å²) >= 11 is 0. The monoisotopic (exact) mass is 416 g/mol. The maximum atomic E-state index is 13.0. The highest BCUT2D eigenvalue weighted by molar-refractivity contribution is 6.12. The van der Waals surface area contributed by atoms with Gasteiger partial charge < -0.3 is 11.1 Å². The third-order valence-electron chi connectivity index (χ3n) is 5.86. The van der Waals surface area contributed by atoms with E-state index in [0.717, 1.165) is 59.3 Å². The molecule has 2 amide bonds. The smallest absolute Gasteiger partial charge is 0.256 e. The maximum Gasteiger partial charge on any atom is 0.256 e. The molecule has 1 aliphatic heterocycles. The minimum Gasteiger partial charge on any atom is -0.369 e. The number of carbonyl (C=O) groups excluding carboxylic acids is 2. The second-order valence-corrected chi connectivity index (χ2v) is 8.46. The molecule has 1 atom stereocenters. The van der Waals surface area contributed by atoms with Crippen LogP contribution in [0.1, 0.15) is 40.0 Å². The molecule has 0 saturated carbocycles. The normalized spacial score (nSPS) is 16.9. The van der Waals surface area contributed by atoms with E-state index in [4.69, 9.17) is 5.73 Å². The molecule has 0 bridgehead atoms. The van der Waals surface area contributed by atoms with E-state index in [1.165, 1.54) is 0 Å². The lowest BCUT2D eigenvalue weighted by atomic mass is 9.97. The number of primary amides is 1. The molecule has 31 heavy (non-hydrogen) atoms. The van der Waals surface area contributed by atoms with Crippen LogP contribution in [0.15, 0.2) is 48.5 Å². The molecule has 6 heteroatoms. The number of nitrogens with zero attached hydrogens (tertiary/aromatic N) is 2. The fourth-order valence-corrected chi connectivity index (χ4v) is 4.24. The van der Waals surface area contributed by atoms with Gasteiger partial charge >= 0.3 is 0 Å². The van der Waals surface area contributed by atoms with Crippen molar-refractivity contribution in [2.45, 2.75) is 33.2 Å². The highest BCUT2D eigenvalue weighted by Crippen LogP contribution is 2.22. The zero-order valence-corrected chi connectivity index (χ0v) is 18.0. The Labute approximate surface area is 182 Å². The molecule has 1 fully saturated rings. The van der Waals surface area contributed by atoms with Gasteiger partial charge in [-0.3, -0.25) is 19.5 Å². The molecular weight excluding hydrogens is 388 g/mol. The Bertz CT molecular complexity index is 1120. The van der Waals surface area contributed by atoms with Crippen LogP contribution in [0, 0.1) is 19.8 Å².